The molecule has 1 N–H and O–H groups in total. The summed E-state index contributed by atoms with van der Waals surface area (Å²) in [4.78, 5) is 11.6. The normalized spacial score (nSPS) is 10.3. The SMILES string of the molecule is O=c1cc(CO)occ1OCCCCOc1ccccc1. The maximum atomic E-state index is 11.6. The summed E-state index contributed by atoms with van der Waals surface area (Å²) in [6, 6.07) is 10.8. The van der Waals surface area contributed by atoms with Gasteiger partial charge in [0.1, 0.15) is 24.4 Å². The zero-order valence-corrected chi connectivity index (χ0v) is 11.7. The van der Waals surface area contributed by atoms with E-state index in [-0.39, 0.29) is 23.5 Å². The van der Waals surface area contributed by atoms with Crippen LogP contribution >= 0.6 is 0 Å². The fourth-order valence-electron chi connectivity index (χ4n) is 1.72. The van der Waals surface area contributed by atoms with Gasteiger partial charge in [0.2, 0.25) is 11.2 Å². The van der Waals surface area contributed by atoms with E-state index in [2.05, 4.69) is 0 Å². The lowest BCUT2D eigenvalue weighted by Gasteiger charge is -2.07. The summed E-state index contributed by atoms with van der Waals surface area (Å²) in [5.41, 5.74) is -0.286. The average molecular weight is 290 g/mol. The Balaban J connectivity index is 1.65. The maximum absolute atomic E-state index is 11.6. The van der Waals surface area contributed by atoms with Gasteiger partial charge in [-0.2, -0.15) is 0 Å². The highest BCUT2D eigenvalue weighted by molar-refractivity contribution is 5.20. The van der Waals surface area contributed by atoms with Crippen molar-refractivity contribution in [3.8, 4) is 11.5 Å². The highest BCUT2D eigenvalue weighted by Gasteiger charge is 2.03. The van der Waals surface area contributed by atoms with Crippen molar-refractivity contribution in [2.45, 2.75) is 19.4 Å². The van der Waals surface area contributed by atoms with E-state index in [0.29, 0.717) is 13.2 Å². The van der Waals surface area contributed by atoms with Gasteiger partial charge < -0.3 is 19.0 Å². The minimum atomic E-state index is -0.299. The van der Waals surface area contributed by atoms with Gasteiger partial charge in [0.15, 0.2) is 0 Å². The molecule has 0 aliphatic heterocycles. The largest absolute Gasteiger partial charge is 0.494 e. The van der Waals surface area contributed by atoms with Gasteiger partial charge in [0.05, 0.1) is 13.2 Å². The first kappa shape index (κ1) is 15.1. The predicted molar refractivity (Wildman–Crippen MR) is 77.6 cm³/mol. The van der Waals surface area contributed by atoms with Gasteiger partial charge in [0.25, 0.3) is 0 Å². The molecule has 0 aliphatic carbocycles. The van der Waals surface area contributed by atoms with Gasteiger partial charge in [-0.05, 0) is 25.0 Å². The average Bonchev–Trinajstić information content (AvgIpc) is 2.53. The number of benzene rings is 1. The summed E-state index contributed by atoms with van der Waals surface area (Å²) in [5.74, 6) is 1.23. The van der Waals surface area contributed by atoms with Crippen molar-refractivity contribution in [1.82, 2.24) is 0 Å². The molecule has 2 aromatic rings. The molecule has 0 radical (unpaired) electrons. The number of unbranched alkanes of at least 4 members (excludes halogenated alkanes) is 1. The topological polar surface area (TPSA) is 68.9 Å². The van der Waals surface area contributed by atoms with E-state index in [4.69, 9.17) is 19.0 Å². The molecular formula is C16H18O5. The van der Waals surface area contributed by atoms with Crippen LogP contribution in [0.25, 0.3) is 0 Å². The van der Waals surface area contributed by atoms with Gasteiger partial charge in [-0.25, -0.2) is 0 Å². The summed E-state index contributed by atoms with van der Waals surface area (Å²) in [7, 11) is 0. The Hall–Kier alpha value is -2.27. The summed E-state index contributed by atoms with van der Waals surface area (Å²) in [6.45, 7) is 0.721. The van der Waals surface area contributed by atoms with Gasteiger partial charge in [-0.1, -0.05) is 18.2 Å². The maximum Gasteiger partial charge on any atom is 0.227 e. The standard InChI is InChI=1S/C16H18O5/c17-11-14-10-15(18)16(12-21-14)20-9-5-4-8-19-13-6-2-1-3-7-13/h1-3,6-7,10,12,17H,4-5,8-9,11H2. The molecule has 0 spiro atoms. The van der Waals surface area contributed by atoms with E-state index >= 15 is 0 Å². The molecule has 0 unspecified atom stereocenters. The van der Waals surface area contributed by atoms with Crippen LogP contribution in [0.15, 0.2) is 51.9 Å². The van der Waals surface area contributed by atoms with Crippen LogP contribution < -0.4 is 14.9 Å². The molecule has 1 aromatic heterocycles. The fourth-order valence-corrected chi connectivity index (χ4v) is 1.72. The lowest BCUT2D eigenvalue weighted by Crippen LogP contribution is -2.09. The molecule has 0 bridgehead atoms. The van der Waals surface area contributed by atoms with Crippen LogP contribution in [-0.4, -0.2) is 18.3 Å². The van der Waals surface area contributed by atoms with Gasteiger partial charge in [-0.15, -0.1) is 0 Å². The highest BCUT2D eigenvalue weighted by Crippen LogP contribution is 2.09. The van der Waals surface area contributed by atoms with Gasteiger partial charge >= 0.3 is 0 Å². The number of ether oxygens (including phenoxy) is 2. The molecule has 5 nitrogen and oxygen atoms in total. The Morgan fingerprint density at radius 1 is 1.05 bits per heavy atom. The Bertz CT molecular complexity index is 591. The molecule has 1 heterocycles. The van der Waals surface area contributed by atoms with Crippen molar-refractivity contribution in [3.05, 3.63) is 58.6 Å². The van der Waals surface area contributed by atoms with Crippen molar-refractivity contribution in [3.63, 3.8) is 0 Å². The van der Waals surface area contributed by atoms with Crippen LogP contribution in [0.3, 0.4) is 0 Å². The molecule has 0 saturated carbocycles. The summed E-state index contributed by atoms with van der Waals surface area (Å²) >= 11 is 0. The van der Waals surface area contributed by atoms with Crippen LogP contribution in [0, 0.1) is 0 Å². The number of rotatable bonds is 8. The Morgan fingerprint density at radius 3 is 2.43 bits per heavy atom. The first-order valence-electron chi connectivity index (χ1n) is 6.83. The Kier molecular flexibility index (Phi) is 5.84. The second kappa shape index (κ2) is 8.11. The van der Waals surface area contributed by atoms with E-state index in [0.717, 1.165) is 18.6 Å². The molecule has 112 valence electrons. The number of aliphatic hydroxyl groups is 1. The van der Waals surface area contributed by atoms with Gasteiger partial charge in [0, 0.05) is 6.07 Å². The lowest BCUT2D eigenvalue weighted by molar-refractivity contribution is 0.234. The minimum absolute atomic E-state index is 0.163. The molecule has 5 heteroatoms. The molecule has 0 aliphatic rings. The van der Waals surface area contributed by atoms with E-state index in [1.165, 1.54) is 12.3 Å². The van der Waals surface area contributed by atoms with Gasteiger partial charge in [-0.3, -0.25) is 4.79 Å². The molecule has 0 atom stereocenters. The van der Waals surface area contributed by atoms with Crippen LogP contribution in [0.2, 0.25) is 0 Å². The number of para-hydroxylation sites is 1. The van der Waals surface area contributed by atoms with Crippen molar-refractivity contribution < 1.29 is 19.0 Å². The molecule has 21 heavy (non-hydrogen) atoms. The Morgan fingerprint density at radius 2 is 1.76 bits per heavy atom. The molecule has 2 rings (SSSR count). The molecule has 0 saturated heterocycles. The van der Waals surface area contributed by atoms with Crippen molar-refractivity contribution >= 4 is 0 Å². The van der Waals surface area contributed by atoms with E-state index < -0.39 is 0 Å². The third kappa shape index (κ3) is 4.96. The zero-order valence-electron chi connectivity index (χ0n) is 11.7. The van der Waals surface area contributed by atoms with Crippen molar-refractivity contribution in [2.75, 3.05) is 13.2 Å². The fraction of sp³-hybridized carbons (Fsp3) is 0.312. The summed E-state index contributed by atoms with van der Waals surface area (Å²) in [5, 5.41) is 8.83. The molecule has 0 fully saturated rings. The smallest absolute Gasteiger partial charge is 0.227 e. The summed E-state index contributed by atoms with van der Waals surface area (Å²) in [6.07, 6.45) is 2.83. The van der Waals surface area contributed by atoms with Crippen LogP contribution in [-0.2, 0) is 6.61 Å². The predicted octanol–water partition coefficient (Wildman–Crippen LogP) is 2.37. The van der Waals surface area contributed by atoms with E-state index in [1.54, 1.807) is 0 Å². The molecule has 0 amide bonds. The van der Waals surface area contributed by atoms with Crippen molar-refractivity contribution in [2.24, 2.45) is 0 Å². The van der Waals surface area contributed by atoms with Crippen LogP contribution in [0.4, 0.5) is 0 Å². The van der Waals surface area contributed by atoms with Crippen molar-refractivity contribution in [1.29, 1.82) is 0 Å². The highest BCUT2D eigenvalue weighted by atomic mass is 16.5. The summed E-state index contributed by atoms with van der Waals surface area (Å²) < 4.78 is 15.9. The zero-order chi connectivity index (χ0) is 14.9. The lowest BCUT2D eigenvalue weighted by atomic mass is 10.3. The van der Waals surface area contributed by atoms with Crippen LogP contribution in [0.1, 0.15) is 18.6 Å². The third-order valence-corrected chi connectivity index (χ3v) is 2.82. The van der Waals surface area contributed by atoms with E-state index in [9.17, 15) is 4.79 Å². The second-order valence-corrected chi connectivity index (χ2v) is 4.45. The Labute approximate surface area is 122 Å². The molecule has 1 aromatic carbocycles. The molecular weight excluding hydrogens is 272 g/mol. The quantitative estimate of drug-likeness (QED) is 0.756. The number of hydrogen-bond acceptors (Lipinski definition) is 5. The minimum Gasteiger partial charge on any atom is -0.494 e. The first-order valence-corrected chi connectivity index (χ1v) is 6.83. The second-order valence-electron chi connectivity index (χ2n) is 4.45. The number of hydrogen-bond donors (Lipinski definition) is 1. The monoisotopic (exact) mass is 290 g/mol. The third-order valence-electron chi connectivity index (χ3n) is 2.82. The first-order chi connectivity index (χ1) is 10.3. The van der Waals surface area contributed by atoms with Crippen LogP contribution in [0.5, 0.6) is 11.5 Å². The number of aliphatic hydroxyl groups excluding tert-OH is 1. The van der Waals surface area contributed by atoms with E-state index in [1.807, 2.05) is 30.3 Å².